The van der Waals surface area contributed by atoms with E-state index >= 15 is 0 Å². The Hall–Kier alpha value is -1.06. The molecule has 0 unspecified atom stereocenters. The van der Waals surface area contributed by atoms with E-state index in [2.05, 4.69) is 85.6 Å². The van der Waals surface area contributed by atoms with Crippen molar-refractivity contribution in [1.82, 2.24) is 0 Å². The van der Waals surface area contributed by atoms with Crippen LogP contribution in [0.25, 0.3) is 5.57 Å². The van der Waals surface area contributed by atoms with Gasteiger partial charge in [-0.2, -0.15) is 0 Å². The van der Waals surface area contributed by atoms with Crippen molar-refractivity contribution in [2.24, 2.45) is 0 Å². The summed E-state index contributed by atoms with van der Waals surface area (Å²) in [5, 5.41) is 0. The summed E-state index contributed by atoms with van der Waals surface area (Å²) < 4.78 is 12.1. The van der Waals surface area contributed by atoms with Crippen LogP contribution in [0.4, 0.5) is 0 Å². The van der Waals surface area contributed by atoms with E-state index in [-0.39, 0.29) is 23.7 Å². The number of hydrogen-bond donors (Lipinski definition) is 0. The van der Waals surface area contributed by atoms with Gasteiger partial charge in [0.05, 0.1) is 11.2 Å². The van der Waals surface area contributed by atoms with Gasteiger partial charge in [0, 0.05) is 0 Å². The molecule has 2 nitrogen and oxygen atoms in total. The van der Waals surface area contributed by atoms with Crippen LogP contribution in [0.5, 0.6) is 0 Å². The molecule has 22 heavy (non-hydrogen) atoms. The summed E-state index contributed by atoms with van der Waals surface area (Å²) in [6, 6.07) is 8.77. The average molecular weight is 300 g/mol. The normalized spacial score (nSPS) is 21.3. The zero-order chi connectivity index (χ0) is 16.8. The van der Waals surface area contributed by atoms with Gasteiger partial charge in [0.25, 0.3) is 0 Å². The number of rotatable bonds is 2. The molecule has 0 aliphatic carbocycles. The molecular formula is C19H29BO2. The monoisotopic (exact) mass is 300 g/mol. The van der Waals surface area contributed by atoms with Crippen molar-refractivity contribution >= 4 is 12.7 Å². The molecule has 0 amide bonds. The minimum atomic E-state index is -0.287. The molecule has 1 heterocycles. The van der Waals surface area contributed by atoms with Gasteiger partial charge >= 0.3 is 7.12 Å². The molecule has 0 bridgehead atoms. The predicted octanol–water partition coefficient (Wildman–Crippen LogP) is 5.02. The predicted molar refractivity (Wildman–Crippen MR) is 94.9 cm³/mol. The minimum Gasteiger partial charge on any atom is -0.400 e. The van der Waals surface area contributed by atoms with Crippen LogP contribution in [-0.2, 0) is 14.7 Å². The van der Waals surface area contributed by atoms with Crippen LogP contribution in [0.2, 0.25) is 0 Å². The van der Waals surface area contributed by atoms with Gasteiger partial charge in [-0.1, -0.05) is 56.6 Å². The SMILES string of the molecule is C/C(=C\B1OC(C)(C)C(C)(C)O1)c1ccc(C(C)(C)C)cc1. The first-order valence-electron chi connectivity index (χ1n) is 8.07. The van der Waals surface area contributed by atoms with Crippen LogP contribution in [0.15, 0.2) is 30.2 Å². The second-order valence-corrected chi connectivity index (χ2v) is 8.30. The molecule has 3 heteroatoms. The molecule has 0 spiro atoms. The molecule has 1 aliphatic rings. The van der Waals surface area contributed by atoms with Crippen LogP contribution in [0.3, 0.4) is 0 Å². The van der Waals surface area contributed by atoms with Gasteiger partial charge in [0.2, 0.25) is 0 Å². The maximum Gasteiger partial charge on any atom is 0.487 e. The van der Waals surface area contributed by atoms with E-state index in [1.165, 1.54) is 16.7 Å². The molecule has 1 saturated heterocycles. The standard InChI is InChI=1S/C19H29BO2/c1-14(13-20-21-18(5,6)19(7,8)22-20)15-9-11-16(12-10-15)17(2,3)4/h9-13H,1-8H3/b14-13+. The van der Waals surface area contributed by atoms with E-state index in [4.69, 9.17) is 9.31 Å². The van der Waals surface area contributed by atoms with Crippen LogP contribution in [0, 0.1) is 0 Å². The summed E-state index contributed by atoms with van der Waals surface area (Å²) in [7, 11) is -0.285. The third-order valence-electron chi connectivity index (χ3n) is 4.86. The van der Waals surface area contributed by atoms with Crippen molar-refractivity contribution in [1.29, 1.82) is 0 Å². The minimum absolute atomic E-state index is 0.182. The molecule has 1 aromatic rings. The van der Waals surface area contributed by atoms with E-state index in [1.807, 2.05) is 0 Å². The third-order valence-corrected chi connectivity index (χ3v) is 4.86. The van der Waals surface area contributed by atoms with Crippen LogP contribution in [0.1, 0.15) is 66.5 Å². The molecule has 0 radical (unpaired) electrons. The van der Waals surface area contributed by atoms with E-state index in [9.17, 15) is 0 Å². The molecule has 1 aliphatic heterocycles. The summed E-state index contributed by atoms with van der Waals surface area (Å²) in [6.07, 6.45) is 0. The molecule has 0 aromatic heterocycles. The highest BCUT2D eigenvalue weighted by Gasteiger charge is 2.50. The maximum atomic E-state index is 6.04. The number of hydrogen-bond acceptors (Lipinski definition) is 2. The zero-order valence-electron chi connectivity index (χ0n) is 15.3. The maximum absolute atomic E-state index is 6.04. The van der Waals surface area contributed by atoms with Gasteiger partial charge < -0.3 is 9.31 Å². The highest BCUT2D eigenvalue weighted by Crippen LogP contribution is 2.37. The Morgan fingerprint density at radius 2 is 1.41 bits per heavy atom. The van der Waals surface area contributed by atoms with E-state index in [0.29, 0.717) is 0 Å². The largest absolute Gasteiger partial charge is 0.487 e. The topological polar surface area (TPSA) is 18.5 Å². The average Bonchev–Trinajstić information content (AvgIpc) is 2.56. The molecule has 1 fully saturated rings. The van der Waals surface area contributed by atoms with Gasteiger partial charge in [-0.25, -0.2) is 0 Å². The van der Waals surface area contributed by atoms with Crippen LogP contribution >= 0.6 is 0 Å². The summed E-state index contributed by atoms with van der Waals surface area (Å²) >= 11 is 0. The van der Waals surface area contributed by atoms with Gasteiger partial charge in [0.15, 0.2) is 0 Å². The van der Waals surface area contributed by atoms with Gasteiger partial charge in [-0.15, -0.1) is 0 Å². The Bertz CT molecular complexity index is 546. The fraction of sp³-hybridized carbons (Fsp3) is 0.579. The second kappa shape index (κ2) is 5.54. The molecule has 0 saturated carbocycles. The fourth-order valence-electron chi connectivity index (χ4n) is 2.49. The Morgan fingerprint density at radius 1 is 0.955 bits per heavy atom. The van der Waals surface area contributed by atoms with Crippen molar-refractivity contribution in [3.8, 4) is 0 Å². The summed E-state index contributed by atoms with van der Waals surface area (Å²) in [4.78, 5) is 0. The first-order chi connectivity index (χ1) is 9.92. The molecule has 2 rings (SSSR count). The first-order valence-corrected chi connectivity index (χ1v) is 8.07. The Kier molecular flexibility index (Phi) is 4.36. The Morgan fingerprint density at radius 3 is 1.82 bits per heavy atom. The summed E-state index contributed by atoms with van der Waals surface area (Å²) in [5.74, 6) is 2.07. The first kappa shape index (κ1) is 17.3. The smallest absolute Gasteiger partial charge is 0.400 e. The molecule has 0 N–H and O–H groups in total. The summed E-state index contributed by atoms with van der Waals surface area (Å²) in [6.45, 7) is 17.1. The quantitative estimate of drug-likeness (QED) is 0.714. The van der Waals surface area contributed by atoms with E-state index < -0.39 is 0 Å². The van der Waals surface area contributed by atoms with Crippen LogP contribution in [-0.4, -0.2) is 18.3 Å². The van der Waals surface area contributed by atoms with Crippen molar-refractivity contribution in [2.45, 2.75) is 72.0 Å². The van der Waals surface area contributed by atoms with E-state index in [0.717, 1.165) is 0 Å². The lowest BCUT2D eigenvalue weighted by Gasteiger charge is -2.32. The van der Waals surface area contributed by atoms with E-state index in [1.54, 1.807) is 0 Å². The van der Waals surface area contributed by atoms with Crippen LogP contribution < -0.4 is 0 Å². The number of allylic oxidation sites excluding steroid dienone is 1. The van der Waals surface area contributed by atoms with Gasteiger partial charge in [0.1, 0.15) is 0 Å². The van der Waals surface area contributed by atoms with Crippen molar-refractivity contribution < 1.29 is 9.31 Å². The molecule has 120 valence electrons. The lowest BCUT2D eigenvalue weighted by atomic mass is 9.83. The van der Waals surface area contributed by atoms with Crippen molar-refractivity contribution in [3.05, 3.63) is 41.4 Å². The summed E-state index contributed by atoms with van der Waals surface area (Å²) in [5.41, 5.74) is 3.35. The lowest BCUT2D eigenvalue weighted by Crippen LogP contribution is -2.41. The van der Waals surface area contributed by atoms with Crippen molar-refractivity contribution in [3.63, 3.8) is 0 Å². The highest BCUT2D eigenvalue weighted by molar-refractivity contribution is 6.53. The Labute approximate surface area is 136 Å². The molecule has 0 atom stereocenters. The zero-order valence-corrected chi connectivity index (χ0v) is 15.3. The number of benzene rings is 1. The third kappa shape index (κ3) is 3.47. The molecule has 1 aromatic carbocycles. The van der Waals surface area contributed by atoms with Gasteiger partial charge in [-0.05, 0) is 51.2 Å². The highest BCUT2D eigenvalue weighted by atomic mass is 16.7. The van der Waals surface area contributed by atoms with Gasteiger partial charge in [-0.3, -0.25) is 0 Å². The molecular weight excluding hydrogens is 271 g/mol. The lowest BCUT2D eigenvalue weighted by molar-refractivity contribution is 0.00578. The Balaban J connectivity index is 2.17. The second-order valence-electron chi connectivity index (χ2n) is 8.30. The fourth-order valence-corrected chi connectivity index (χ4v) is 2.49. The van der Waals surface area contributed by atoms with Crippen molar-refractivity contribution in [2.75, 3.05) is 0 Å².